The predicted octanol–water partition coefficient (Wildman–Crippen LogP) is 5.56. The van der Waals surface area contributed by atoms with Gasteiger partial charge in [-0.2, -0.15) is 24.5 Å². The smallest absolute Gasteiger partial charge is 0.341 e. The van der Waals surface area contributed by atoms with Crippen LogP contribution in [0.2, 0.25) is 5.02 Å². The van der Waals surface area contributed by atoms with Crippen LogP contribution in [0, 0.1) is 0 Å². The van der Waals surface area contributed by atoms with E-state index in [1.165, 1.54) is 11.3 Å². The van der Waals surface area contributed by atoms with Gasteiger partial charge in [-0.05, 0) is 23.6 Å². The van der Waals surface area contributed by atoms with Gasteiger partial charge in [0.05, 0.1) is 17.8 Å². The zero-order valence-corrected chi connectivity index (χ0v) is 12.7. The molecule has 0 aliphatic carbocycles. The normalized spacial score (nSPS) is 11.8. The second kappa shape index (κ2) is 5.78. The van der Waals surface area contributed by atoms with Crippen molar-refractivity contribution in [3.63, 3.8) is 0 Å². The van der Waals surface area contributed by atoms with Crippen LogP contribution in [-0.4, -0.2) is 16.1 Å². The number of hydrogen-bond acceptors (Lipinski definition) is 2. The van der Waals surface area contributed by atoms with Crippen molar-refractivity contribution in [1.29, 1.82) is 0 Å². The first kappa shape index (κ1) is 15.1. The van der Waals surface area contributed by atoms with E-state index in [0.29, 0.717) is 27.7 Å². The number of imidazole rings is 1. The lowest BCUT2D eigenvalue weighted by atomic mass is 10.1. The first-order chi connectivity index (χ1) is 10.4. The standard InChI is InChI=1S/C15H10ClF3N2S/c16-11-3-1-2-9(6-11)14-20-12(7-15(17,18)19)13(21-14)10-4-5-22-8-10/h1-6,8H,7H2,(H,20,21). The monoisotopic (exact) mass is 342 g/mol. The molecule has 0 aliphatic heterocycles. The highest BCUT2D eigenvalue weighted by molar-refractivity contribution is 7.08. The van der Waals surface area contributed by atoms with Crippen molar-refractivity contribution in [3.05, 3.63) is 51.8 Å². The molecule has 1 N–H and O–H groups in total. The fraction of sp³-hybridized carbons (Fsp3) is 0.133. The lowest BCUT2D eigenvalue weighted by Gasteiger charge is -2.05. The maximum atomic E-state index is 12.8. The number of aromatic amines is 1. The third-order valence-corrected chi connectivity index (χ3v) is 3.97. The maximum Gasteiger partial charge on any atom is 0.394 e. The topological polar surface area (TPSA) is 28.7 Å². The third-order valence-electron chi connectivity index (χ3n) is 3.05. The summed E-state index contributed by atoms with van der Waals surface area (Å²) in [7, 11) is 0. The third kappa shape index (κ3) is 3.34. The van der Waals surface area contributed by atoms with E-state index >= 15 is 0 Å². The van der Waals surface area contributed by atoms with Gasteiger partial charge in [-0.15, -0.1) is 0 Å². The second-order valence-electron chi connectivity index (χ2n) is 4.73. The number of benzene rings is 1. The Balaban J connectivity index is 2.08. The van der Waals surface area contributed by atoms with Crippen molar-refractivity contribution in [2.45, 2.75) is 12.6 Å². The van der Waals surface area contributed by atoms with E-state index < -0.39 is 12.6 Å². The fourth-order valence-electron chi connectivity index (χ4n) is 2.15. The van der Waals surface area contributed by atoms with Gasteiger partial charge in [0.15, 0.2) is 0 Å². The number of alkyl halides is 3. The highest BCUT2D eigenvalue weighted by Crippen LogP contribution is 2.32. The molecule has 0 fully saturated rings. The molecule has 2 nitrogen and oxygen atoms in total. The molecule has 0 bridgehead atoms. The summed E-state index contributed by atoms with van der Waals surface area (Å²) in [5, 5.41) is 4.08. The van der Waals surface area contributed by atoms with Crippen molar-refractivity contribution >= 4 is 22.9 Å². The summed E-state index contributed by atoms with van der Waals surface area (Å²) in [4.78, 5) is 7.13. The van der Waals surface area contributed by atoms with Crippen LogP contribution in [0.3, 0.4) is 0 Å². The lowest BCUT2D eigenvalue weighted by molar-refractivity contribution is -0.127. The molecular weight excluding hydrogens is 333 g/mol. The van der Waals surface area contributed by atoms with Gasteiger partial charge in [-0.25, -0.2) is 4.98 Å². The van der Waals surface area contributed by atoms with Crippen molar-refractivity contribution in [1.82, 2.24) is 9.97 Å². The number of H-pyrrole nitrogens is 1. The molecule has 22 heavy (non-hydrogen) atoms. The summed E-state index contributed by atoms with van der Waals surface area (Å²) >= 11 is 7.34. The van der Waals surface area contributed by atoms with Crippen molar-refractivity contribution in [3.8, 4) is 22.6 Å². The number of nitrogens with one attached hydrogen (secondary N) is 1. The van der Waals surface area contributed by atoms with E-state index in [-0.39, 0.29) is 5.69 Å². The van der Waals surface area contributed by atoms with Crippen molar-refractivity contribution in [2.75, 3.05) is 0 Å². The van der Waals surface area contributed by atoms with E-state index in [9.17, 15) is 13.2 Å². The van der Waals surface area contributed by atoms with Gasteiger partial charge in [0.2, 0.25) is 0 Å². The molecule has 3 rings (SSSR count). The van der Waals surface area contributed by atoms with E-state index in [1.807, 2.05) is 0 Å². The zero-order chi connectivity index (χ0) is 15.7. The summed E-state index contributed by atoms with van der Waals surface area (Å²) in [6.07, 6.45) is -5.35. The molecule has 2 aromatic heterocycles. The molecule has 0 saturated carbocycles. The van der Waals surface area contributed by atoms with Crippen molar-refractivity contribution < 1.29 is 13.2 Å². The molecule has 7 heteroatoms. The van der Waals surface area contributed by atoms with E-state index in [0.717, 1.165) is 0 Å². The SMILES string of the molecule is FC(F)(F)Cc1[nH]c(-c2cccc(Cl)c2)nc1-c1ccsc1. The molecule has 0 atom stereocenters. The van der Waals surface area contributed by atoms with Crippen LogP contribution in [0.4, 0.5) is 13.2 Å². The minimum Gasteiger partial charge on any atom is -0.341 e. The van der Waals surface area contributed by atoms with Gasteiger partial charge in [-0.1, -0.05) is 23.7 Å². The summed E-state index contributed by atoms with van der Waals surface area (Å²) in [5.41, 5.74) is 1.71. The highest BCUT2D eigenvalue weighted by Gasteiger charge is 2.31. The first-order valence-corrected chi connectivity index (χ1v) is 7.68. The Hall–Kier alpha value is -1.79. The Kier molecular flexibility index (Phi) is 3.97. The van der Waals surface area contributed by atoms with Crippen LogP contribution in [0.1, 0.15) is 5.69 Å². The van der Waals surface area contributed by atoms with Gasteiger partial charge < -0.3 is 4.98 Å². The summed E-state index contributed by atoms with van der Waals surface area (Å²) in [6, 6.07) is 8.59. The maximum absolute atomic E-state index is 12.8. The molecule has 0 aliphatic rings. The van der Waals surface area contributed by atoms with E-state index in [1.54, 1.807) is 41.1 Å². The van der Waals surface area contributed by atoms with Gasteiger partial charge >= 0.3 is 6.18 Å². The highest BCUT2D eigenvalue weighted by atomic mass is 35.5. The second-order valence-corrected chi connectivity index (χ2v) is 5.94. The summed E-state index contributed by atoms with van der Waals surface area (Å²) < 4.78 is 38.3. The summed E-state index contributed by atoms with van der Waals surface area (Å²) in [5.74, 6) is 0.378. The van der Waals surface area contributed by atoms with Gasteiger partial charge in [0.25, 0.3) is 0 Å². The molecular formula is C15H10ClF3N2S. The number of halogens is 4. The van der Waals surface area contributed by atoms with E-state index in [4.69, 9.17) is 11.6 Å². The molecule has 0 amide bonds. The van der Waals surface area contributed by atoms with Crippen LogP contribution >= 0.6 is 22.9 Å². The molecule has 0 radical (unpaired) electrons. The first-order valence-electron chi connectivity index (χ1n) is 6.36. The molecule has 114 valence electrons. The van der Waals surface area contributed by atoms with Gasteiger partial charge in [0, 0.05) is 21.5 Å². The molecule has 2 heterocycles. The average molecular weight is 343 g/mol. The van der Waals surface area contributed by atoms with Gasteiger partial charge in [-0.3, -0.25) is 0 Å². The number of hydrogen-bond donors (Lipinski definition) is 1. The average Bonchev–Trinajstić information content (AvgIpc) is 3.05. The Labute approximate surface area is 133 Å². The summed E-state index contributed by atoms with van der Waals surface area (Å²) in [6.45, 7) is 0. The van der Waals surface area contributed by atoms with Crippen LogP contribution < -0.4 is 0 Å². The quantitative estimate of drug-likeness (QED) is 0.663. The van der Waals surface area contributed by atoms with Crippen molar-refractivity contribution in [2.24, 2.45) is 0 Å². The van der Waals surface area contributed by atoms with Crippen LogP contribution in [0.5, 0.6) is 0 Å². The van der Waals surface area contributed by atoms with Crippen LogP contribution in [-0.2, 0) is 6.42 Å². The van der Waals surface area contributed by atoms with Gasteiger partial charge in [0.1, 0.15) is 5.82 Å². The minimum atomic E-state index is -4.30. The molecule has 3 aromatic rings. The largest absolute Gasteiger partial charge is 0.394 e. The Morgan fingerprint density at radius 3 is 2.64 bits per heavy atom. The minimum absolute atomic E-state index is 0.0564. The van der Waals surface area contributed by atoms with Crippen LogP contribution in [0.15, 0.2) is 41.1 Å². The Morgan fingerprint density at radius 2 is 2.00 bits per heavy atom. The molecule has 1 aromatic carbocycles. The lowest BCUT2D eigenvalue weighted by Crippen LogP contribution is -2.12. The number of nitrogens with zero attached hydrogens (tertiary/aromatic N) is 1. The number of aromatic nitrogens is 2. The zero-order valence-electron chi connectivity index (χ0n) is 11.1. The molecule has 0 unspecified atom stereocenters. The Morgan fingerprint density at radius 1 is 1.18 bits per heavy atom. The van der Waals surface area contributed by atoms with E-state index in [2.05, 4.69) is 9.97 Å². The predicted molar refractivity (Wildman–Crippen MR) is 82.1 cm³/mol. The van der Waals surface area contributed by atoms with Crippen LogP contribution in [0.25, 0.3) is 22.6 Å². The fourth-order valence-corrected chi connectivity index (χ4v) is 2.98. The Bertz CT molecular complexity index is 778. The molecule has 0 saturated heterocycles. The number of rotatable bonds is 3. The number of thiophene rings is 1. The molecule has 0 spiro atoms.